The van der Waals surface area contributed by atoms with Crippen molar-refractivity contribution >= 4 is 18.3 Å². The summed E-state index contributed by atoms with van der Waals surface area (Å²) in [5.74, 6) is -0.127. The Bertz CT molecular complexity index is 774. The first-order valence-electron chi connectivity index (χ1n) is 7.98. The lowest BCUT2D eigenvalue weighted by Gasteiger charge is -2.17. The topological polar surface area (TPSA) is 105 Å². The highest BCUT2D eigenvalue weighted by Gasteiger charge is 2.21. The first kappa shape index (κ1) is 19.0. The molecule has 26 heavy (non-hydrogen) atoms. The predicted molar refractivity (Wildman–Crippen MR) is 95.3 cm³/mol. The highest BCUT2D eigenvalue weighted by molar-refractivity contribution is 5.85. The second-order valence-electron chi connectivity index (χ2n) is 5.71. The van der Waals surface area contributed by atoms with Crippen molar-refractivity contribution < 1.29 is 24.2 Å². The van der Waals surface area contributed by atoms with Crippen LogP contribution in [0.2, 0.25) is 0 Å². The van der Waals surface area contributed by atoms with Crippen LogP contribution in [0.15, 0.2) is 48.5 Å². The molecule has 3 N–H and O–H groups in total. The van der Waals surface area contributed by atoms with Crippen LogP contribution in [0.3, 0.4) is 0 Å². The van der Waals surface area contributed by atoms with Crippen LogP contribution in [0.4, 0.5) is 4.79 Å². The molecule has 0 spiro atoms. The Morgan fingerprint density at radius 3 is 2.58 bits per heavy atom. The van der Waals surface area contributed by atoms with Gasteiger partial charge in [0.15, 0.2) is 0 Å². The summed E-state index contributed by atoms with van der Waals surface area (Å²) in [6.07, 6.45) is -0.653. The van der Waals surface area contributed by atoms with Crippen LogP contribution in [0, 0.1) is 6.92 Å². The van der Waals surface area contributed by atoms with E-state index in [0.717, 1.165) is 11.1 Å². The van der Waals surface area contributed by atoms with E-state index < -0.39 is 18.0 Å². The lowest BCUT2D eigenvalue weighted by atomic mass is 10.1. The smallest absolute Gasteiger partial charge is 0.405 e. The molecule has 0 aliphatic heterocycles. The Morgan fingerprint density at radius 1 is 1.19 bits per heavy atom. The van der Waals surface area contributed by atoms with Crippen molar-refractivity contribution in [3.63, 3.8) is 0 Å². The van der Waals surface area contributed by atoms with E-state index in [1.807, 2.05) is 31.2 Å². The van der Waals surface area contributed by atoms with Gasteiger partial charge in [-0.05, 0) is 24.6 Å². The molecule has 0 radical (unpaired) electrons. The van der Waals surface area contributed by atoms with Gasteiger partial charge in [0.05, 0.1) is 0 Å². The van der Waals surface area contributed by atoms with E-state index in [-0.39, 0.29) is 13.2 Å². The number of hydrogen-bond acceptors (Lipinski definition) is 4. The summed E-state index contributed by atoms with van der Waals surface area (Å²) in [4.78, 5) is 34.0. The largest absolute Gasteiger partial charge is 0.491 e. The minimum Gasteiger partial charge on any atom is -0.491 e. The second-order valence-corrected chi connectivity index (χ2v) is 5.71. The average Bonchev–Trinajstić information content (AvgIpc) is 2.64. The molecular formula is C19H20N2O5. The standard InChI is InChI=1S/C19H20N2O5/c1-13-5-7-14(8-6-13)10-20-18(23)17(21-19(24)25)12-26-16-4-2-3-15(9-16)11-22/h2-9,11,17,21H,10,12H2,1H3,(H,20,23)(H,24,25). The monoisotopic (exact) mass is 356 g/mol. The molecule has 0 aliphatic carbocycles. The van der Waals surface area contributed by atoms with Gasteiger partial charge in [0, 0.05) is 12.1 Å². The van der Waals surface area contributed by atoms with E-state index in [4.69, 9.17) is 9.84 Å². The Balaban J connectivity index is 1.96. The van der Waals surface area contributed by atoms with Gasteiger partial charge in [-0.2, -0.15) is 0 Å². The van der Waals surface area contributed by atoms with Crippen LogP contribution in [-0.4, -0.2) is 36.0 Å². The number of hydrogen-bond donors (Lipinski definition) is 3. The van der Waals surface area contributed by atoms with Gasteiger partial charge in [-0.25, -0.2) is 4.79 Å². The third-order valence-electron chi connectivity index (χ3n) is 3.61. The molecule has 0 aromatic heterocycles. The quantitative estimate of drug-likeness (QED) is 0.629. The molecule has 1 atom stereocenters. The van der Waals surface area contributed by atoms with Crippen molar-refractivity contribution in [3.8, 4) is 5.75 Å². The molecule has 2 rings (SSSR count). The van der Waals surface area contributed by atoms with Gasteiger partial charge >= 0.3 is 6.09 Å². The molecule has 2 amide bonds. The zero-order chi connectivity index (χ0) is 18.9. The van der Waals surface area contributed by atoms with Crippen molar-refractivity contribution in [1.82, 2.24) is 10.6 Å². The number of nitrogens with one attached hydrogen (secondary N) is 2. The number of amides is 2. The van der Waals surface area contributed by atoms with E-state index >= 15 is 0 Å². The Kier molecular flexibility index (Phi) is 6.73. The van der Waals surface area contributed by atoms with Crippen molar-refractivity contribution in [2.75, 3.05) is 6.61 Å². The van der Waals surface area contributed by atoms with E-state index in [9.17, 15) is 14.4 Å². The van der Waals surface area contributed by atoms with Crippen LogP contribution >= 0.6 is 0 Å². The predicted octanol–water partition coefficient (Wildman–Crippen LogP) is 2.14. The molecule has 0 saturated carbocycles. The van der Waals surface area contributed by atoms with Gasteiger partial charge in [-0.3, -0.25) is 9.59 Å². The third kappa shape index (κ3) is 5.94. The fourth-order valence-corrected chi connectivity index (χ4v) is 2.21. The van der Waals surface area contributed by atoms with Crippen LogP contribution in [0.25, 0.3) is 0 Å². The lowest BCUT2D eigenvalue weighted by molar-refractivity contribution is -0.123. The number of carbonyl (C=O) groups is 3. The molecular weight excluding hydrogens is 336 g/mol. The highest BCUT2D eigenvalue weighted by Crippen LogP contribution is 2.12. The zero-order valence-electron chi connectivity index (χ0n) is 14.3. The van der Waals surface area contributed by atoms with E-state index in [1.54, 1.807) is 18.2 Å². The lowest BCUT2D eigenvalue weighted by Crippen LogP contribution is -2.49. The number of benzene rings is 2. The summed E-state index contributed by atoms with van der Waals surface area (Å²) in [5, 5.41) is 13.8. The zero-order valence-corrected chi connectivity index (χ0v) is 14.3. The molecule has 136 valence electrons. The Labute approximate surface area is 151 Å². The number of carboxylic acid groups (broad SMARTS) is 1. The summed E-state index contributed by atoms with van der Waals surface area (Å²) < 4.78 is 5.45. The molecule has 1 unspecified atom stereocenters. The Hall–Kier alpha value is -3.35. The molecule has 7 nitrogen and oxygen atoms in total. The van der Waals surface area contributed by atoms with Crippen LogP contribution < -0.4 is 15.4 Å². The van der Waals surface area contributed by atoms with Crippen LogP contribution in [0.1, 0.15) is 21.5 Å². The first-order valence-corrected chi connectivity index (χ1v) is 7.98. The van der Waals surface area contributed by atoms with E-state index in [2.05, 4.69) is 10.6 Å². The molecule has 7 heteroatoms. The molecule has 0 bridgehead atoms. The minimum absolute atomic E-state index is 0.200. The fourth-order valence-electron chi connectivity index (χ4n) is 2.21. The number of carbonyl (C=O) groups excluding carboxylic acids is 2. The molecule has 0 aliphatic rings. The van der Waals surface area contributed by atoms with E-state index in [1.165, 1.54) is 6.07 Å². The van der Waals surface area contributed by atoms with Crippen molar-refractivity contribution in [2.45, 2.75) is 19.5 Å². The fraction of sp³-hybridized carbons (Fsp3) is 0.211. The SMILES string of the molecule is Cc1ccc(CNC(=O)C(COc2cccc(C=O)c2)NC(=O)O)cc1. The summed E-state index contributed by atoms with van der Waals surface area (Å²) in [6.45, 7) is 2.04. The number of ether oxygens (including phenoxy) is 1. The van der Waals surface area contributed by atoms with Crippen molar-refractivity contribution in [3.05, 3.63) is 65.2 Å². The van der Waals surface area contributed by atoms with Crippen molar-refractivity contribution in [1.29, 1.82) is 0 Å². The molecule has 2 aromatic rings. The maximum Gasteiger partial charge on any atom is 0.405 e. The van der Waals surface area contributed by atoms with E-state index in [0.29, 0.717) is 17.6 Å². The maximum atomic E-state index is 12.3. The summed E-state index contributed by atoms with van der Waals surface area (Å²) in [5.41, 5.74) is 2.43. The summed E-state index contributed by atoms with van der Waals surface area (Å²) in [7, 11) is 0. The molecule has 0 heterocycles. The molecule has 0 saturated heterocycles. The molecule has 2 aromatic carbocycles. The van der Waals surface area contributed by atoms with Crippen LogP contribution in [-0.2, 0) is 11.3 Å². The third-order valence-corrected chi connectivity index (χ3v) is 3.61. The van der Waals surface area contributed by atoms with Crippen LogP contribution in [0.5, 0.6) is 5.75 Å². The van der Waals surface area contributed by atoms with Gasteiger partial charge in [0.1, 0.15) is 24.7 Å². The van der Waals surface area contributed by atoms with Gasteiger partial charge in [0.2, 0.25) is 5.91 Å². The van der Waals surface area contributed by atoms with Gasteiger partial charge in [-0.1, -0.05) is 42.0 Å². The van der Waals surface area contributed by atoms with Crippen molar-refractivity contribution in [2.24, 2.45) is 0 Å². The summed E-state index contributed by atoms with van der Waals surface area (Å²) in [6, 6.07) is 12.9. The number of aryl methyl sites for hydroxylation is 1. The minimum atomic E-state index is -1.33. The average molecular weight is 356 g/mol. The van der Waals surface area contributed by atoms with Gasteiger partial charge in [0.25, 0.3) is 0 Å². The summed E-state index contributed by atoms with van der Waals surface area (Å²) >= 11 is 0. The first-order chi connectivity index (χ1) is 12.5. The number of aldehydes is 1. The Morgan fingerprint density at radius 2 is 1.92 bits per heavy atom. The molecule has 0 fully saturated rings. The van der Waals surface area contributed by atoms with Gasteiger partial charge in [-0.15, -0.1) is 0 Å². The maximum absolute atomic E-state index is 12.3. The number of rotatable bonds is 8. The second kappa shape index (κ2) is 9.22. The normalized spacial score (nSPS) is 11.3. The van der Waals surface area contributed by atoms with Gasteiger partial charge < -0.3 is 20.5 Å². The highest BCUT2D eigenvalue weighted by atomic mass is 16.5.